The minimum Gasteiger partial charge on any atom is -0.389 e. The average Bonchev–Trinajstić information content (AvgIpc) is 3.35. The molecule has 0 saturated carbocycles. The maximum atomic E-state index is 14.3. The lowest BCUT2D eigenvalue weighted by Gasteiger charge is -2.36. The van der Waals surface area contributed by atoms with Gasteiger partial charge in [0.25, 0.3) is 25.8 Å². The van der Waals surface area contributed by atoms with Gasteiger partial charge in [-0.3, -0.25) is 9.69 Å². The molecule has 0 bridgehead atoms. The molecule has 7 rings (SSSR count). The molecule has 2 heterocycles. The van der Waals surface area contributed by atoms with Crippen LogP contribution in [0, 0.1) is 5.92 Å². The zero-order valence-corrected chi connectivity index (χ0v) is 40.6. The first kappa shape index (κ1) is 52.1. The number of nitrogens with zero attached hydrogens (tertiary/aromatic N) is 3. The number of anilines is 2. The molecule has 2 fully saturated rings. The van der Waals surface area contributed by atoms with Crippen molar-refractivity contribution in [1.29, 1.82) is 0 Å². The van der Waals surface area contributed by atoms with Gasteiger partial charge < -0.3 is 25.3 Å². The second kappa shape index (κ2) is 23.0. The number of aliphatic hydroxyl groups is 2. The fourth-order valence-electron chi connectivity index (χ4n) is 8.59. The number of sulfonamides is 1. The highest BCUT2D eigenvalue weighted by atomic mass is 35.5. The van der Waals surface area contributed by atoms with Crippen LogP contribution in [0.25, 0.3) is 11.1 Å². The summed E-state index contributed by atoms with van der Waals surface area (Å²) in [5, 5.41) is 24.8. The average molecular weight is 1030 g/mol. The summed E-state index contributed by atoms with van der Waals surface area (Å²) in [5.74, 6) is -0.811. The number of carbonyl (C=O) groups is 1. The Morgan fingerprint density at radius 2 is 1.43 bits per heavy atom. The van der Waals surface area contributed by atoms with Gasteiger partial charge >= 0.3 is 5.51 Å². The molecule has 2 aliphatic heterocycles. The lowest BCUT2D eigenvalue weighted by Crippen LogP contribution is -2.49. The minimum atomic E-state index is -6.12. The molecule has 69 heavy (non-hydrogen) atoms. The highest BCUT2D eigenvalue weighted by Gasteiger charge is 2.48. The largest absolute Gasteiger partial charge is 0.501 e. The molecule has 5 aromatic rings. The Hall–Kier alpha value is -4.73. The van der Waals surface area contributed by atoms with Crippen LogP contribution in [0.4, 0.5) is 28.9 Å². The van der Waals surface area contributed by atoms with Gasteiger partial charge in [-0.1, -0.05) is 66.2 Å². The van der Waals surface area contributed by atoms with Crippen LogP contribution in [0.2, 0.25) is 5.02 Å². The summed E-state index contributed by atoms with van der Waals surface area (Å²) < 4.78 is 111. The van der Waals surface area contributed by atoms with Gasteiger partial charge in [-0.2, -0.15) is 13.2 Å². The molecule has 1 amide bonds. The van der Waals surface area contributed by atoms with Crippen molar-refractivity contribution in [3.05, 3.63) is 137 Å². The molecule has 20 heteroatoms. The smallest absolute Gasteiger partial charge is 0.389 e. The zero-order chi connectivity index (χ0) is 49.3. The number of hydrogen-bond acceptors (Lipinski definition) is 12. The SMILES string of the molecule is O=C(NS(=O)(=O)c1ccc(NC(CCN2CCN(CC(O)CF)CC2)CSc2ccccc2)c(S(=O)(=O)C(F)(F)F)c1)c1ccc(N2CCC([C@@H](O)c3ccccc3-c3ccc(Cl)cc3)CC2)cc1. The van der Waals surface area contributed by atoms with Crippen LogP contribution in [0.5, 0.6) is 0 Å². The fourth-order valence-corrected chi connectivity index (χ4v) is 11.7. The highest BCUT2D eigenvalue weighted by Crippen LogP contribution is 2.39. The van der Waals surface area contributed by atoms with Crippen molar-refractivity contribution in [2.24, 2.45) is 5.92 Å². The van der Waals surface area contributed by atoms with E-state index >= 15 is 0 Å². The summed E-state index contributed by atoms with van der Waals surface area (Å²) in [6.45, 7) is 3.30. The normalized spacial score (nSPS) is 17.0. The molecule has 0 radical (unpaired) electrons. The number of carbonyl (C=O) groups excluding carboxylic acids is 1. The molecule has 12 nitrogen and oxygen atoms in total. The second-order valence-electron chi connectivity index (χ2n) is 17.2. The Labute approximate surface area is 409 Å². The van der Waals surface area contributed by atoms with Crippen LogP contribution >= 0.6 is 23.4 Å². The molecule has 370 valence electrons. The number of sulfone groups is 1. The number of piperidine rings is 1. The molecule has 0 aliphatic carbocycles. The summed E-state index contributed by atoms with van der Waals surface area (Å²) in [6, 6.07) is 32.2. The molecule has 0 spiro atoms. The van der Waals surface area contributed by atoms with Gasteiger partial charge in [0.2, 0.25) is 0 Å². The maximum Gasteiger partial charge on any atom is 0.501 e. The molecule has 2 unspecified atom stereocenters. The third-order valence-electron chi connectivity index (χ3n) is 12.5. The van der Waals surface area contributed by atoms with Gasteiger partial charge in [-0.15, -0.1) is 11.8 Å². The van der Waals surface area contributed by atoms with Crippen LogP contribution in [-0.2, 0) is 19.9 Å². The molecule has 4 N–H and O–H groups in total. The first-order valence-corrected chi connectivity index (χ1v) is 26.8. The third-order valence-corrected chi connectivity index (χ3v) is 16.7. The number of benzene rings is 5. The van der Waals surface area contributed by atoms with E-state index in [1.807, 2.05) is 76.4 Å². The first-order chi connectivity index (χ1) is 32.9. The Morgan fingerprint density at radius 1 is 0.797 bits per heavy atom. The van der Waals surface area contributed by atoms with E-state index in [4.69, 9.17) is 11.6 Å². The molecule has 2 aliphatic rings. The van der Waals surface area contributed by atoms with Gasteiger partial charge in [0, 0.05) is 85.3 Å². The Balaban J connectivity index is 1.02. The van der Waals surface area contributed by atoms with Crippen molar-refractivity contribution in [2.45, 2.75) is 57.7 Å². The maximum absolute atomic E-state index is 14.3. The predicted molar refractivity (Wildman–Crippen MR) is 262 cm³/mol. The summed E-state index contributed by atoms with van der Waals surface area (Å²) >= 11 is 7.50. The van der Waals surface area contributed by atoms with E-state index in [9.17, 15) is 49.4 Å². The van der Waals surface area contributed by atoms with E-state index in [1.165, 1.54) is 23.9 Å². The Kier molecular flexibility index (Phi) is 17.4. The molecular formula is C49H54ClF4N5O7S3. The van der Waals surface area contributed by atoms with Crippen molar-refractivity contribution < 1.29 is 49.4 Å². The van der Waals surface area contributed by atoms with Crippen molar-refractivity contribution in [3.63, 3.8) is 0 Å². The van der Waals surface area contributed by atoms with E-state index in [0.29, 0.717) is 81.9 Å². The Morgan fingerprint density at radius 3 is 2.09 bits per heavy atom. The van der Waals surface area contributed by atoms with Crippen LogP contribution in [0.1, 0.15) is 41.3 Å². The summed E-state index contributed by atoms with van der Waals surface area (Å²) in [6.07, 6.45) is -0.112. The Bertz CT molecular complexity index is 2730. The van der Waals surface area contributed by atoms with Gasteiger partial charge in [-0.25, -0.2) is 25.9 Å². The van der Waals surface area contributed by atoms with Crippen molar-refractivity contribution in [3.8, 4) is 11.1 Å². The quantitative estimate of drug-likeness (QED) is 0.0464. The van der Waals surface area contributed by atoms with E-state index < -0.39 is 71.7 Å². The monoisotopic (exact) mass is 1030 g/mol. The van der Waals surface area contributed by atoms with Gasteiger partial charge in [0.15, 0.2) is 0 Å². The number of amides is 1. The van der Waals surface area contributed by atoms with Crippen LogP contribution in [0.15, 0.2) is 136 Å². The third kappa shape index (κ3) is 13.4. The lowest BCUT2D eigenvalue weighted by atomic mass is 9.84. The van der Waals surface area contributed by atoms with Crippen LogP contribution in [0.3, 0.4) is 0 Å². The van der Waals surface area contributed by atoms with Crippen LogP contribution < -0.4 is 14.9 Å². The van der Waals surface area contributed by atoms with Gasteiger partial charge in [0.05, 0.1) is 22.8 Å². The van der Waals surface area contributed by atoms with E-state index in [2.05, 4.69) is 15.1 Å². The van der Waals surface area contributed by atoms with E-state index in [1.54, 1.807) is 24.3 Å². The summed E-state index contributed by atoms with van der Waals surface area (Å²) in [5.41, 5.74) is -2.88. The van der Waals surface area contributed by atoms with Gasteiger partial charge in [0.1, 0.15) is 11.6 Å². The van der Waals surface area contributed by atoms with Crippen molar-refractivity contribution >= 4 is 60.5 Å². The first-order valence-electron chi connectivity index (χ1n) is 22.5. The predicted octanol–water partition coefficient (Wildman–Crippen LogP) is 8.28. The van der Waals surface area contributed by atoms with E-state index in [-0.39, 0.29) is 18.0 Å². The number of aliphatic hydroxyl groups excluding tert-OH is 2. The number of rotatable bonds is 19. The second-order valence-corrected chi connectivity index (χ2v) is 22.3. The standard InChI is InChI=1S/C49H54ClF4N5O7S3/c50-37-14-10-34(11-15-37)43-8-4-5-9-44(43)47(61)35-20-24-59(25-21-35)39-16-12-36(13-17-39)48(62)56-69(65,66)42-18-19-45(46(30-42)68(63,64)49(52,53)54)55-38(33-67-41-6-2-1-3-7-41)22-23-57-26-28-58(29-27-57)32-40(60)31-51/h1-19,30,35,38,40,47,55,60-61H,20-29,31-33H2,(H,56,62)/t38?,40?,47-/m1/s1. The topological polar surface area (TPSA) is 160 Å². The highest BCUT2D eigenvalue weighted by molar-refractivity contribution is 7.99. The minimum absolute atomic E-state index is 0.0305. The van der Waals surface area contributed by atoms with Crippen LogP contribution in [-0.4, -0.2) is 125 Å². The molecular weight excluding hydrogens is 978 g/mol. The number of halogens is 5. The van der Waals surface area contributed by atoms with Crippen molar-refractivity contribution in [2.75, 3.05) is 75.0 Å². The fraction of sp³-hybridized carbons (Fsp3) is 0.367. The number of thioether (sulfide) groups is 1. The number of β-amino-alcohol motifs (C(OH)–C–C–N with tert-alkyl or cyclic N) is 1. The molecule has 0 aromatic heterocycles. The zero-order valence-electron chi connectivity index (χ0n) is 37.4. The van der Waals surface area contributed by atoms with Crippen molar-refractivity contribution in [1.82, 2.24) is 14.5 Å². The molecule has 3 atom stereocenters. The molecule has 5 aromatic carbocycles. The number of alkyl halides is 4. The lowest BCUT2D eigenvalue weighted by molar-refractivity contribution is -0.0436. The summed E-state index contributed by atoms with van der Waals surface area (Å²) in [4.78, 5) is 18.2. The number of nitrogens with one attached hydrogen (secondary N) is 2. The summed E-state index contributed by atoms with van der Waals surface area (Å²) in [7, 11) is -11.0. The molecule has 2 saturated heterocycles. The number of piperazine rings is 1. The number of hydrogen-bond donors (Lipinski definition) is 4. The van der Waals surface area contributed by atoms with Gasteiger partial charge in [-0.05, 0) is 109 Å². The van der Waals surface area contributed by atoms with E-state index in [0.717, 1.165) is 39.4 Å².